The molecule has 3 nitrogen and oxygen atoms in total. The Kier molecular flexibility index (Phi) is 4.05. The van der Waals surface area contributed by atoms with Crippen molar-refractivity contribution < 1.29 is 17.9 Å². The second-order valence-corrected chi connectivity index (χ2v) is 5.48. The SMILES string of the molecule is Cc1ccn(-c2cc(-c3cccc(OC(F)(F)F)c3)ccc2C)n1. The van der Waals surface area contributed by atoms with Crippen molar-refractivity contribution in [2.75, 3.05) is 0 Å². The second-order valence-electron chi connectivity index (χ2n) is 5.48. The zero-order valence-electron chi connectivity index (χ0n) is 13.1. The number of aromatic nitrogens is 2. The lowest BCUT2D eigenvalue weighted by atomic mass is 10.0. The van der Waals surface area contributed by atoms with Crippen LogP contribution in [-0.4, -0.2) is 16.1 Å². The first-order valence-corrected chi connectivity index (χ1v) is 7.31. The van der Waals surface area contributed by atoms with Crippen LogP contribution in [-0.2, 0) is 0 Å². The summed E-state index contributed by atoms with van der Waals surface area (Å²) < 4.78 is 42.9. The van der Waals surface area contributed by atoms with Gasteiger partial charge in [0, 0.05) is 6.20 Å². The molecule has 3 rings (SSSR count). The van der Waals surface area contributed by atoms with Gasteiger partial charge < -0.3 is 4.74 Å². The fourth-order valence-corrected chi connectivity index (χ4v) is 2.46. The fraction of sp³-hybridized carbons (Fsp3) is 0.167. The molecule has 0 unspecified atom stereocenters. The van der Waals surface area contributed by atoms with Crippen molar-refractivity contribution in [3.63, 3.8) is 0 Å². The van der Waals surface area contributed by atoms with E-state index in [-0.39, 0.29) is 5.75 Å². The number of aryl methyl sites for hydroxylation is 2. The number of alkyl halides is 3. The second kappa shape index (κ2) is 6.03. The highest BCUT2D eigenvalue weighted by Crippen LogP contribution is 2.29. The van der Waals surface area contributed by atoms with Crippen LogP contribution in [0.5, 0.6) is 5.75 Å². The van der Waals surface area contributed by atoms with Gasteiger partial charge in [-0.25, -0.2) is 4.68 Å². The summed E-state index contributed by atoms with van der Waals surface area (Å²) in [6, 6.07) is 13.5. The number of halogens is 3. The molecular formula is C18H15F3N2O. The van der Waals surface area contributed by atoms with Gasteiger partial charge in [0.25, 0.3) is 0 Å². The molecule has 0 saturated carbocycles. The Morgan fingerprint density at radius 1 is 0.958 bits per heavy atom. The van der Waals surface area contributed by atoms with Gasteiger partial charge in [-0.1, -0.05) is 24.3 Å². The maximum absolute atomic E-state index is 12.4. The summed E-state index contributed by atoms with van der Waals surface area (Å²) in [6.45, 7) is 3.85. The van der Waals surface area contributed by atoms with Gasteiger partial charge in [0.2, 0.25) is 0 Å². The maximum Gasteiger partial charge on any atom is 0.573 e. The van der Waals surface area contributed by atoms with E-state index >= 15 is 0 Å². The van der Waals surface area contributed by atoms with Crippen LogP contribution < -0.4 is 4.74 Å². The summed E-state index contributed by atoms with van der Waals surface area (Å²) in [5, 5.41) is 4.39. The van der Waals surface area contributed by atoms with Gasteiger partial charge in [0.05, 0.1) is 11.4 Å². The van der Waals surface area contributed by atoms with E-state index in [1.165, 1.54) is 18.2 Å². The number of benzene rings is 2. The molecule has 124 valence electrons. The quantitative estimate of drug-likeness (QED) is 0.671. The number of nitrogens with zero attached hydrogens (tertiary/aromatic N) is 2. The number of ether oxygens (including phenoxy) is 1. The summed E-state index contributed by atoms with van der Waals surface area (Å²) in [5.41, 5.74) is 4.21. The molecule has 0 bridgehead atoms. The molecule has 0 radical (unpaired) electrons. The summed E-state index contributed by atoms with van der Waals surface area (Å²) in [6.07, 6.45) is -2.85. The average molecular weight is 332 g/mol. The van der Waals surface area contributed by atoms with Crippen LogP contribution in [0.4, 0.5) is 13.2 Å². The van der Waals surface area contributed by atoms with Crippen LogP contribution in [0.3, 0.4) is 0 Å². The van der Waals surface area contributed by atoms with Crippen LogP contribution in [0.1, 0.15) is 11.3 Å². The summed E-state index contributed by atoms with van der Waals surface area (Å²) in [4.78, 5) is 0. The predicted molar refractivity (Wildman–Crippen MR) is 85.2 cm³/mol. The molecule has 0 spiro atoms. The van der Waals surface area contributed by atoms with E-state index in [4.69, 9.17) is 0 Å². The van der Waals surface area contributed by atoms with Crippen LogP contribution in [0, 0.1) is 13.8 Å². The van der Waals surface area contributed by atoms with Gasteiger partial charge >= 0.3 is 6.36 Å². The summed E-state index contributed by atoms with van der Waals surface area (Å²) in [7, 11) is 0. The Balaban J connectivity index is 2.00. The van der Waals surface area contributed by atoms with Crippen LogP contribution >= 0.6 is 0 Å². The smallest absolute Gasteiger partial charge is 0.406 e. The molecule has 0 aliphatic heterocycles. The van der Waals surface area contributed by atoms with Crippen molar-refractivity contribution in [2.45, 2.75) is 20.2 Å². The van der Waals surface area contributed by atoms with Crippen molar-refractivity contribution >= 4 is 0 Å². The summed E-state index contributed by atoms with van der Waals surface area (Å²) in [5.74, 6) is -0.239. The number of hydrogen-bond donors (Lipinski definition) is 0. The lowest BCUT2D eigenvalue weighted by molar-refractivity contribution is -0.274. The molecule has 0 aliphatic carbocycles. The minimum Gasteiger partial charge on any atom is -0.406 e. The molecule has 0 atom stereocenters. The minimum absolute atomic E-state index is 0.239. The monoisotopic (exact) mass is 332 g/mol. The van der Waals surface area contributed by atoms with Gasteiger partial charge in [0.15, 0.2) is 0 Å². The number of hydrogen-bond acceptors (Lipinski definition) is 2. The Labute approximate surface area is 137 Å². The van der Waals surface area contributed by atoms with Gasteiger partial charge in [-0.05, 0) is 54.8 Å². The Morgan fingerprint density at radius 2 is 1.71 bits per heavy atom. The van der Waals surface area contributed by atoms with Gasteiger partial charge in [-0.3, -0.25) is 0 Å². The van der Waals surface area contributed by atoms with Crippen LogP contribution in [0.2, 0.25) is 0 Å². The summed E-state index contributed by atoms with van der Waals surface area (Å²) >= 11 is 0. The lowest BCUT2D eigenvalue weighted by Gasteiger charge is -2.12. The molecule has 0 saturated heterocycles. The highest BCUT2D eigenvalue weighted by atomic mass is 19.4. The zero-order chi connectivity index (χ0) is 17.3. The van der Waals surface area contributed by atoms with E-state index in [9.17, 15) is 13.2 Å². The Hall–Kier alpha value is -2.76. The van der Waals surface area contributed by atoms with Crippen LogP contribution in [0.25, 0.3) is 16.8 Å². The van der Waals surface area contributed by atoms with Crippen molar-refractivity contribution in [2.24, 2.45) is 0 Å². The molecule has 0 N–H and O–H groups in total. The Morgan fingerprint density at radius 3 is 2.38 bits per heavy atom. The van der Waals surface area contributed by atoms with Gasteiger partial charge in [0.1, 0.15) is 5.75 Å². The van der Waals surface area contributed by atoms with E-state index in [0.29, 0.717) is 5.56 Å². The lowest BCUT2D eigenvalue weighted by Crippen LogP contribution is -2.17. The maximum atomic E-state index is 12.4. The van der Waals surface area contributed by atoms with Gasteiger partial charge in [-0.15, -0.1) is 13.2 Å². The molecule has 0 amide bonds. The first-order valence-electron chi connectivity index (χ1n) is 7.31. The third kappa shape index (κ3) is 3.59. The predicted octanol–water partition coefficient (Wildman–Crippen LogP) is 5.05. The van der Waals surface area contributed by atoms with Gasteiger partial charge in [-0.2, -0.15) is 5.10 Å². The first-order chi connectivity index (χ1) is 11.3. The third-order valence-electron chi connectivity index (χ3n) is 3.58. The van der Waals surface area contributed by atoms with E-state index in [0.717, 1.165) is 22.5 Å². The van der Waals surface area contributed by atoms with Crippen LogP contribution in [0.15, 0.2) is 54.7 Å². The molecule has 2 aromatic carbocycles. The zero-order valence-corrected chi connectivity index (χ0v) is 13.1. The van der Waals surface area contributed by atoms with E-state index in [2.05, 4.69) is 9.84 Å². The standard InChI is InChI=1S/C18H15F3N2O/c1-12-6-7-15(11-17(12)23-9-8-13(2)22-23)14-4-3-5-16(10-14)24-18(19,20)21/h3-11H,1-2H3. The van der Waals surface area contributed by atoms with E-state index < -0.39 is 6.36 Å². The fourth-order valence-electron chi connectivity index (χ4n) is 2.46. The van der Waals surface area contributed by atoms with Crippen molar-refractivity contribution in [3.8, 4) is 22.6 Å². The molecule has 0 aliphatic rings. The molecule has 6 heteroatoms. The van der Waals surface area contributed by atoms with E-state index in [1.807, 2.05) is 44.3 Å². The highest BCUT2D eigenvalue weighted by Gasteiger charge is 2.31. The molecular weight excluding hydrogens is 317 g/mol. The molecule has 24 heavy (non-hydrogen) atoms. The topological polar surface area (TPSA) is 27.1 Å². The normalized spacial score (nSPS) is 11.5. The molecule has 1 aromatic heterocycles. The van der Waals surface area contributed by atoms with Crippen molar-refractivity contribution in [1.82, 2.24) is 9.78 Å². The highest BCUT2D eigenvalue weighted by molar-refractivity contribution is 5.68. The molecule has 1 heterocycles. The number of rotatable bonds is 3. The average Bonchev–Trinajstić information content (AvgIpc) is 2.92. The third-order valence-corrected chi connectivity index (χ3v) is 3.58. The van der Waals surface area contributed by atoms with Crippen molar-refractivity contribution in [3.05, 3.63) is 66.0 Å². The molecule has 0 fully saturated rings. The minimum atomic E-state index is -4.70. The van der Waals surface area contributed by atoms with E-state index in [1.54, 1.807) is 10.7 Å². The first kappa shape index (κ1) is 16.1. The molecule has 3 aromatic rings. The Bertz CT molecular complexity index is 869. The van der Waals surface area contributed by atoms with Crippen molar-refractivity contribution in [1.29, 1.82) is 0 Å². The largest absolute Gasteiger partial charge is 0.573 e.